The third-order valence-electron chi connectivity index (χ3n) is 3.96. The van der Waals surface area contributed by atoms with E-state index in [9.17, 15) is 8.42 Å². The predicted octanol–water partition coefficient (Wildman–Crippen LogP) is 2.74. The van der Waals surface area contributed by atoms with Crippen molar-refractivity contribution < 1.29 is 8.42 Å². The quantitative estimate of drug-likeness (QED) is 0.636. The Kier molecular flexibility index (Phi) is 6.03. The van der Waals surface area contributed by atoms with Crippen molar-refractivity contribution in [2.24, 2.45) is 5.14 Å². The second-order valence-corrected chi connectivity index (χ2v) is 8.47. The fourth-order valence-corrected chi connectivity index (χ4v) is 3.54. The maximum absolute atomic E-state index is 11.3. The molecule has 146 valence electrons. The second kappa shape index (κ2) is 8.47. The fraction of sp³-hybridized carbons (Fsp3) is 0.200. The molecule has 0 unspecified atom stereocenters. The molecule has 0 fully saturated rings. The van der Waals surface area contributed by atoms with Crippen LogP contribution in [0, 0.1) is 0 Å². The Bertz CT molecular complexity index is 1070. The summed E-state index contributed by atoms with van der Waals surface area (Å²) in [7, 11) is 0.483. The Morgan fingerprint density at radius 1 is 1.00 bits per heavy atom. The lowest BCUT2D eigenvalue weighted by Gasteiger charge is -2.11. The van der Waals surface area contributed by atoms with E-state index in [2.05, 4.69) is 32.3 Å². The number of aromatic nitrogens is 2. The van der Waals surface area contributed by atoms with E-state index >= 15 is 0 Å². The van der Waals surface area contributed by atoms with Crippen molar-refractivity contribution in [1.29, 1.82) is 0 Å². The van der Waals surface area contributed by atoms with Gasteiger partial charge < -0.3 is 10.2 Å². The number of hydrogen-bond acceptors (Lipinski definition) is 6. The molecule has 3 N–H and O–H groups in total. The van der Waals surface area contributed by atoms with Gasteiger partial charge in [-0.2, -0.15) is 0 Å². The van der Waals surface area contributed by atoms with Gasteiger partial charge in [0.15, 0.2) is 0 Å². The van der Waals surface area contributed by atoms with Gasteiger partial charge in [-0.05, 0) is 43.4 Å². The summed E-state index contributed by atoms with van der Waals surface area (Å²) in [6.45, 7) is 0.848. The van der Waals surface area contributed by atoms with Gasteiger partial charge >= 0.3 is 0 Å². The van der Waals surface area contributed by atoms with Gasteiger partial charge in [-0.15, -0.1) is 0 Å². The van der Waals surface area contributed by atoms with E-state index in [1.165, 1.54) is 11.9 Å². The van der Waals surface area contributed by atoms with Crippen LogP contribution in [0.15, 0.2) is 60.9 Å². The van der Waals surface area contributed by atoms with Crippen molar-refractivity contribution in [2.75, 3.05) is 19.4 Å². The van der Waals surface area contributed by atoms with E-state index in [-0.39, 0.29) is 5.75 Å². The molecule has 0 aliphatic carbocycles. The lowest BCUT2D eigenvalue weighted by atomic mass is 10.1. The van der Waals surface area contributed by atoms with E-state index in [1.807, 2.05) is 38.4 Å². The zero-order valence-corrected chi connectivity index (χ0v) is 16.6. The van der Waals surface area contributed by atoms with Crippen LogP contribution in [0.1, 0.15) is 11.1 Å². The highest BCUT2D eigenvalue weighted by atomic mass is 32.2. The molecule has 0 spiro atoms. The molecule has 0 saturated carbocycles. The summed E-state index contributed by atoms with van der Waals surface area (Å²) in [5, 5.41) is 8.32. The highest BCUT2D eigenvalue weighted by Gasteiger charge is 2.07. The van der Waals surface area contributed by atoms with Gasteiger partial charge in [-0.25, -0.2) is 23.5 Å². The molecule has 0 bridgehead atoms. The van der Waals surface area contributed by atoms with Gasteiger partial charge in [0.2, 0.25) is 10.0 Å². The zero-order chi connectivity index (χ0) is 20.1. The number of nitrogens with zero attached hydrogens (tertiary/aromatic N) is 3. The van der Waals surface area contributed by atoms with Gasteiger partial charge in [-0.1, -0.05) is 30.3 Å². The normalized spacial score (nSPS) is 11.6. The minimum absolute atomic E-state index is 0.212. The van der Waals surface area contributed by atoms with Gasteiger partial charge in [0, 0.05) is 23.9 Å². The van der Waals surface area contributed by atoms with Crippen molar-refractivity contribution in [3.63, 3.8) is 0 Å². The summed E-state index contributed by atoms with van der Waals surface area (Å²) >= 11 is 0. The Morgan fingerprint density at radius 2 is 1.75 bits per heavy atom. The Labute approximate surface area is 165 Å². The molecule has 0 atom stereocenters. The summed E-state index contributed by atoms with van der Waals surface area (Å²) in [5.41, 5.74) is 4.35. The first kappa shape index (κ1) is 19.9. The summed E-state index contributed by atoms with van der Waals surface area (Å²) in [4.78, 5) is 10.8. The molecule has 7 nitrogen and oxygen atoms in total. The standard InChI is InChI=1S/C20H23N5O2S/c1-25(2)12-15-5-3-7-17(9-15)19-11-20(23-14-22-19)24-18-8-4-6-16(10-18)13-28(21,26)27/h3-11,14H,12-13H2,1-2H3,(H2,21,26,27)(H,22,23,24). The van der Waals surface area contributed by atoms with Crippen molar-refractivity contribution in [3.05, 3.63) is 72.1 Å². The molecule has 0 saturated heterocycles. The molecule has 28 heavy (non-hydrogen) atoms. The van der Waals surface area contributed by atoms with Crippen LogP contribution in [0.5, 0.6) is 0 Å². The lowest BCUT2D eigenvalue weighted by Crippen LogP contribution is -2.14. The molecule has 1 heterocycles. The molecular weight excluding hydrogens is 374 g/mol. The first-order valence-corrected chi connectivity index (χ1v) is 10.4. The Hall–Kier alpha value is -2.81. The smallest absolute Gasteiger partial charge is 0.213 e. The van der Waals surface area contributed by atoms with Crippen LogP contribution in [0.4, 0.5) is 11.5 Å². The van der Waals surface area contributed by atoms with Crippen LogP contribution in [-0.4, -0.2) is 37.4 Å². The van der Waals surface area contributed by atoms with Crippen LogP contribution in [0.25, 0.3) is 11.3 Å². The van der Waals surface area contributed by atoms with Crippen molar-refractivity contribution in [3.8, 4) is 11.3 Å². The number of nitrogens with two attached hydrogens (primary N) is 1. The SMILES string of the molecule is CN(C)Cc1cccc(-c2cc(Nc3cccc(CS(N)(=O)=O)c3)ncn2)c1. The number of hydrogen-bond donors (Lipinski definition) is 2. The molecular formula is C20H23N5O2S. The van der Waals surface area contributed by atoms with Gasteiger partial charge in [-0.3, -0.25) is 0 Å². The van der Waals surface area contributed by atoms with Crippen molar-refractivity contribution >= 4 is 21.5 Å². The Balaban J connectivity index is 1.82. The maximum Gasteiger partial charge on any atom is 0.213 e. The molecule has 3 rings (SSSR count). The van der Waals surface area contributed by atoms with Crippen LogP contribution in [0.3, 0.4) is 0 Å². The van der Waals surface area contributed by atoms with E-state index in [0.29, 0.717) is 11.4 Å². The minimum Gasteiger partial charge on any atom is -0.340 e. The van der Waals surface area contributed by atoms with E-state index in [0.717, 1.165) is 23.5 Å². The van der Waals surface area contributed by atoms with Crippen molar-refractivity contribution in [1.82, 2.24) is 14.9 Å². The minimum atomic E-state index is -3.58. The fourth-order valence-electron chi connectivity index (χ4n) is 2.90. The lowest BCUT2D eigenvalue weighted by molar-refractivity contribution is 0.402. The summed E-state index contributed by atoms with van der Waals surface area (Å²) < 4.78 is 22.6. The van der Waals surface area contributed by atoms with Gasteiger partial charge in [0.25, 0.3) is 0 Å². The summed E-state index contributed by atoms with van der Waals surface area (Å²) in [6.07, 6.45) is 1.50. The largest absolute Gasteiger partial charge is 0.340 e. The van der Waals surface area contributed by atoms with Crippen molar-refractivity contribution in [2.45, 2.75) is 12.3 Å². The third-order valence-corrected chi connectivity index (χ3v) is 4.69. The number of rotatable bonds is 7. The van der Waals surface area contributed by atoms with Crippen LogP contribution >= 0.6 is 0 Å². The topological polar surface area (TPSA) is 101 Å². The molecule has 8 heteroatoms. The maximum atomic E-state index is 11.3. The highest BCUT2D eigenvalue weighted by molar-refractivity contribution is 7.88. The Morgan fingerprint density at radius 3 is 2.50 bits per heavy atom. The number of anilines is 2. The highest BCUT2D eigenvalue weighted by Crippen LogP contribution is 2.23. The first-order valence-electron chi connectivity index (χ1n) is 8.71. The second-order valence-electron chi connectivity index (χ2n) is 6.86. The van der Waals surface area contributed by atoms with E-state index in [1.54, 1.807) is 18.2 Å². The molecule has 0 aliphatic heterocycles. The van der Waals surface area contributed by atoms with Gasteiger partial charge in [0.1, 0.15) is 12.1 Å². The van der Waals surface area contributed by atoms with Crippen LogP contribution in [-0.2, 0) is 22.3 Å². The third kappa shape index (κ3) is 5.85. The average Bonchev–Trinajstić information content (AvgIpc) is 2.60. The molecule has 0 amide bonds. The van der Waals surface area contributed by atoms with E-state index < -0.39 is 10.0 Å². The molecule has 0 radical (unpaired) electrons. The predicted molar refractivity (Wildman–Crippen MR) is 111 cm³/mol. The molecule has 0 aliphatic rings. The molecule has 2 aromatic carbocycles. The number of sulfonamides is 1. The van der Waals surface area contributed by atoms with Crippen LogP contribution < -0.4 is 10.5 Å². The average molecular weight is 398 g/mol. The van der Waals surface area contributed by atoms with Gasteiger partial charge in [0.05, 0.1) is 11.4 Å². The summed E-state index contributed by atoms with van der Waals surface area (Å²) in [6, 6.07) is 17.2. The number of benzene rings is 2. The number of nitrogens with one attached hydrogen (secondary N) is 1. The number of primary sulfonamides is 1. The molecule has 1 aromatic heterocycles. The monoisotopic (exact) mass is 397 g/mol. The molecule has 3 aromatic rings. The first-order chi connectivity index (χ1) is 13.3. The van der Waals surface area contributed by atoms with Crippen LogP contribution in [0.2, 0.25) is 0 Å². The summed E-state index contributed by atoms with van der Waals surface area (Å²) in [5.74, 6) is 0.409. The zero-order valence-electron chi connectivity index (χ0n) is 15.8. The van der Waals surface area contributed by atoms with E-state index in [4.69, 9.17) is 5.14 Å².